The number of aromatic amines is 1. The highest BCUT2D eigenvalue weighted by atomic mass is 14.9. The third-order valence-corrected chi connectivity index (χ3v) is 2.96. The summed E-state index contributed by atoms with van der Waals surface area (Å²) in [5.41, 5.74) is 0. The molecule has 71 valence electrons. The van der Waals surface area contributed by atoms with E-state index in [0.717, 1.165) is 5.82 Å². The first-order chi connectivity index (χ1) is 6.47. The first-order valence-corrected chi connectivity index (χ1v) is 5.38. The zero-order chi connectivity index (χ0) is 8.93. The van der Waals surface area contributed by atoms with Gasteiger partial charge in [-0.3, -0.25) is 0 Å². The summed E-state index contributed by atoms with van der Waals surface area (Å²) in [6.07, 6.45) is 14.3. The maximum absolute atomic E-state index is 4.23. The van der Waals surface area contributed by atoms with Crippen molar-refractivity contribution >= 4 is 0 Å². The van der Waals surface area contributed by atoms with E-state index in [1.54, 1.807) is 0 Å². The fraction of sp³-hybridized carbons (Fsp3) is 0.727. The van der Waals surface area contributed by atoms with E-state index in [-0.39, 0.29) is 0 Å². The lowest BCUT2D eigenvalue weighted by atomic mass is 9.91. The quantitative estimate of drug-likeness (QED) is 0.701. The Labute approximate surface area is 79.8 Å². The van der Waals surface area contributed by atoms with Crippen LogP contribution in [0.25, 0.3) is 0 Å². The van der Waals surface area contributed by atoms with Gasteiger partial charge in [0.15, 0.2) is 0 Å². The number of rotatable bonds is 1. The highest BCUT2D eigenvalue weighted by Crippen LogP contribution is 2.28. The second kappa shape index (κ2) is 4.45. The van der Waals surface area contributed by atoms with Gasteiger partial charge in [0.25, 0.3) is 0 Å². The van der Waals surface area contributed by atoms with Crippen LogP contribution in [-0.4, -0.2) is 9.97 Å². The molecule has 0 spiro atoms. The minimum atomic E-state index is 0.673. The average Bonchev–Trinajstić information content (AvgIpc) is 2.55. The highest BCUT2D eigenvalue weighted by molar-refractivity contribution is 4.96. The Balaban J connectivity index is 1.96. The van der Waals surface area contributed by atoms with Gasteiger partial charge in [0.05, 0.1) is 0 Å². The zero-order valence-electron chi connectivity index (χ0n) is 8.05. The molecule has 1 aliphatic rings. The number of hydrogen-bond acceptors (Lipinski definition) is 1. The van der Waals surface area contributed by atoms with Crippen LogP contribution < -0.4 is 0 Å². The minimum absolute atomic E-state index is 0.673. The Hall–Kier alpha value is -0.790. The van der Waals surface area contributed by atoms with Crippen LogP contribution in [-0.2, 0) is 0 Å². The summed E-state index contributed by atoms with van der Waals surface area (Å²) < 4.78 is 0. The first-order valence-electron chi connectivity index (χ1n) is 5.38. The molecule has 2 nitrogen and oxygen atoms in total. The van der Waals surface area contributed by atoms with Crippen molar-refractivity contribution < 1.29 is 0 Å². The highest BCUT2D eigenvalue weighted by Gasteiger charge is 2.14. The predicted molar refractivity (Wildman–Crippen MR) is 52.5 cm³/mol. The molecule has 1 heterocycles. The lowest BCUT2D eigenvalue weighted by molar-refractivity contribution is 0.444. The molecular formula is C11H17N2. The second-order valence-corrected chi connectivity index (χ2v) is 3.96. The van der Waals surface area contributed by atoms with Crippen molar-refractivity contribution in [1.82, 2.24) is 9.97 Å². The van der Waals surface area contributed by atoms with E-state index in [2.05, 4.69) is 16.2 Å². The Morgan fingerprint density at radius 2 is 1.85 bits per heavy atom. The molecule has 0 unspecified atom stereocenters. The molecule has 0 aromatic carbocycles. The van der Waals surface area contributed by atoms with Gasteiger partial charge < -0.3 is 4.98 Å². The molecule has 0 bridgehead atoms. The van der Waals surface area contributed by atoms with Crippen LogP contribution in [0.15, 0.2) is 6.20 Å². The molecule has 13 heavy (non-hydrogen) atoms. The van der Waals surface area contributed by atoms with Crippen molar-refractivity contribution in [3.05, 3.63) is 18.2 Å². The number of imidazole rings is 1. The van der Waals surface area contributed by atoms with E-state index in [0.29, 0.717) is 5.92 Å². The lowest BCUT2D eigenvalue weighted by Crippen LogP contribution is -2.03. The third-order valence-electron chi connectivity index (χ3n) is 2.96. The molecule has 2 rings (SSSR count). The zero-order valence-corrected chi connectivity index (χ0v) is 8.05. The van der Waals surface area contributed by atoms with Crippen LogP contribution >= 0.6 is 0 Å². The summed E-state index contributed by atoms with van der Waals surface area (Å²) in [4.78, 5) is 7.42. The average molecular weight is 177 g/mol. The molecule has 0 saturated heterocycles. The summed E-state index contributed by atoms with van der Waals surface area (Å²) in [5, 5.41) is 0. The van der Waals surface area contributed by atoms with Crippen LogP contribution in [0.2, 0.25) is 0 Å². The van der Waals surface area contributed by atoms with Crippen LogP contribution in [0.4, 0.5) is 0 Å². The number of nitrogens with one attached hydrogen (secondary N) is 1. The summed E-state index contributed by atoms with van der Waals surface area (Å²) in [6.45, 7) is 0. The standard InChI is InChI=1S/C11H17N2/c1-2-4-6-10(7-5-3-1)11-12-8-9-13-11/h8,10H,1-7H2,(H,12,13). The van der Waals surface area contributed by atoms with E-state index in [1.807, 2.05) is 6.20 Å². The fourth-order valence-corrected chi connectivity index (χ4v) is 2.18. The molecule has 1 fully saturated rings. The van der Waals surface area contributed by atoms with Gasteiger partial charge in [-0.15, -0.1) is 0 Å². The van der Waals surface area contributed by atoms with E-state index in [4.69, 9.17) is 0 Å². The Kier molecular flexibility index (Phi) is 3.01. The van der Waals surface area contributed by atoms with Crippen LogP contribution in [0, 0.1) is 6.20 Å². The van der Waals surface area contributed by atoms with Gasteiger partial charge in [0.1, 0.15) is 12.0 Å². The summed E-state index contributed by atoms with van der Waals surface area (Å²) in [5.74, 6) is 1.83. The Morgan fingerprint density at radius 1 is 1.15 bits per heavy atom. The first kappa shape index (κ1) is 8.79. The lowest BCUT2D eigenvalue weighted by Gasteiger charge is -2.17. The van der Waals surface area contributed by atoms with Crippen molar-refractivity contribution in [1.29, 1.82) is 0 Å². The van der Waals surface area contributed by atoms with Crippen molar-refractivity contribution in [2.45, 2.75) is 50.9 Å². The van der Waals surface area contributed by atoms with Crippen molar-refractivity contribution in [2.75, 3.05) is 0 Å². The van der Waals surface area contributed by atoms with Crippen LogP contribution in [0.3, 0.4) is 0 Å². The molecule has 1 radical (unpaired) electrons. The summed E-state index contributed by atoms with van der Waals surface area (Å²) >= 11 is 0. The molecular weight excluding hydrogens is 160 g/mol. The van der Waals surface area contributed by atoms with E-state index >= 15 is 0 Å². The summed E-state index contributed by atoms with van der Waals surface area (Å²) in [6, 6.07) is 0. The molecule has 1 saturated carbocycles. The summed E-state index contributed by atoms with van der Waals surface area (Å²) in [7, 11) is 0. The Bertz CT molecular complexity index is 220. The van der Waals surface area contributed by atoms with Gasteiger partial charge in [-0.2, -0.15) is 0 Å². The monoisotopic (exact) mass is 177 g/mol. The van der Waals surface area contributed by atoms with Gasteiger partial charge in [0, 0.05) is 12.1 Å². The minimum Gasteiger partial charge on any atom is -0.348 e. The molecule has 1 N–H and O–H groups in total. The van der Waals surface area contributed by atoms with Crippen LogP contribution in [0.1, 0.15) is 56.7 Å². The number of aromatic nitrogens is 2. The van der Waals surface area contributed by atoms with Gasteiger partial charge in [-0.05, 0) is 12.8 Å². The van der Waals surface area contributed by atoms with E-state index in [1.165, 1.54) is 44.9 Å². The molecule has 0 atom stereocenters. The molecule has 1 aromatic rings. The van der Waals surface area contributed by atoms with Crippen molar-refractivity contribution in [3.63, 3.8) is 0 Å². The van der Waals surface area contributed by atoms with Crippen molar-refractivity contribution in [2.24, 2.45) is 0 Å². The molecule has 2 heteroatoms. The second-order valence-electron chi connectivity index (χ2n) is 3.96. The molecule has 0 amide bonds. The van der Waals surface area contributed by atoms with Gasteiger partial charge in [-0.25, -0.2) is 4.98 Å². The number of H-pyrrole nitrogens is 1. The fourth-order valence-electron chi connectivity index (χ4n) is 2.18. The molecule has 0 aliphatic heterocycles. The van der Waals surface area contributed by atoms with Gasteiger partial charge in [-0.1, -0.05) is 32.1 Å². The SMILES string of the molecule is [c]1c[nH]c(C2CCCCCCC2)n1. The van der Waals surface area contributed by atoms with E-state index in [9.17, 15) is 0 Å². The number of nitrogens with zero attached hydrogens (tertiary/aromatic N) is 1. The van der Waals surface area contributed by atoms with Crippen molar-refractivity contribution in [3.8, 4) is 0 Å². The molecule has 1 aromatic heterocycles. The maximum Gasteiger partial charge on any atom is 0.109 e. The molecule has 1 aliphatic carbocycles. The topological polar surface area (TPSA) is 28.7 Å². The Morgan fingerprint density at radius 3 is 2.46 bits per heavy atom. The van der Waals surface area contributed by atoms with E-state index < -0.39 is 0 Å². The third kappa shape index (κ3) is 2.33. The smallest absolute Gasteiger partial charge is 0.109 e. The normalized spacial score (nSPS) is 20.9. The van der Waals surface area contributed by atoms with Gasteiger partial charge >= 0.3 is 0 Å². The maximum atomic E-state index is 4.23. The van der Waals surface area contributed by atoms with Gasteiger partial charge in [0.2, 0.25) is 0 Å². The largest absolute Gasteiger partial charge is 0.348 e. The predicted octanol–water partition coefficient (Wildman–Crippen LogP) is 3.04. The van der Waals surface area contributed by atoms with Crippen LogP contribution in [0.5, 0.6) is 0 Å². The number of hydrogen-bond donors (Lipinski definition) is 1.